The molecule has 0 radical (unpaired) electrons. The van der Waals surface area contributed by atoms with Crippen molar-refractivity contribution >= 4 is 17.5 Å². The third-order valence-electron chi connectivity index (χ3n) is 4.89. The summed E-state index contributed by atoms with van der Waals surface area (Å²) < 4.78 is 11.3. The van der Waals surface area contributed by atoms with Crippen LogP contribution in [-0.2, 0) is 0 Å². The second kappa shape index (κ2) is 11.6. The Morgan fingerprint density at radius 1 is 0.781 bits per heavy atom. The van der Waals surface area contributed by atoms with E-state index < -0.39 is 0 Å². The standard InChI is InChI=1S/C26H28N2O4/c1-3-19(2)27-26(30)23-11-7-8-12-24(23)28-25(29)20-13-15-22(16-14-20)32-18-17-31-21-9-5-4-6-10-21/h4-16,19H,3,17-18H2,1-2H3,(H,27,30)(H,28,29). The zero-order valence-corrected chi connectivity index (χ0v) is 18.3. The van der Waals surface area contributed by atoms with Crippen LogP contribution in [0.5, 0.6) is 11.5 Å². The van der Waals surface area contributed by atoms with Crippen molar-refractivity contribution in [3.63, 3.8) is 0 Å². The van der Waals surface area contributed by atoms with Crippen molar-refractivity contribution in [2.24, 2.45) is 0 Å². The molecule has 0 aliphatic heterocycles. The predicted molar refractivity (Wildman–Crippen MR) is 125 cm³/mol. The molecular weight excluding hydrogens is 404 g/mol. The highest BCUT2D eigenvalue weighted by Gasteiger charge is 2.15. The summed E-state index contributed by atoms with van der Waals surface area (Å²) in [4.78, 5) is 25.2. The van der Waals surface area contributed by atoms with E-state index in [9.17, 15) is 9.59 Å². The summed E-state index contributed by atoms with van der Waals surface area (Å²) in [5.74, 6) is 0.928. The highest BCUT2D eigenvalue weighted by atomic mass is 16.5. The highest BCUT2D eigenvalue weighted by molar-refractivity contribution is 6.09. The van der Waals surface area contributed by atoms with E-state index in [0.717, 1.165) is 12.2 Å². The first kappa shape index (κ1) is 22.9. The molecule has 2 N–H and O–H groups in total. The van der Waals surface area contributed by atoms with Crippen LogP contribution in [0.15, 0.2) is 78.9 Å². The number of amides is 2. The van der Waals surface area contributed by atoms with Gasteiger partial charge in [-0.1, -0.05) is 37.3 Å². The largest absolute Gasteiger partial charge is 0.490 e. The first-order valence-electron chi connectivity index (χ1n) is 10.7. The summed E-state index contributed by atoms with van der Waals surface area (Å²) in [5.41, 5.74) is 1.37. The Bertz CT molecular complexity index is 1020. The molecule has 0 aromatic heterocycles. The Kier molecular flexibility index (Phi) is 8.26. The molecule has 1 unspecified atom stereocenters. The summed E-state index contributed by atoms with van der Waals surface area (Å²) in [6.45, 7) is 4.75. The van der Waals surface area contributed by atoms with Crippen molar-refractivity contribution in [3.05, 3.63) is 90.0 Å². The number of rotatable bonds is 10. The monoisotopic (exact) mass is 432 g/mol. The average molecular weight is 433 g/mol. The van der Waals surface area contributed by atoms with E-state index in [1.54, 1.807) is 48.5 Å². The van der Waals surface area contributed by atoms with Crippen molar-refractivity contribution in [3.8, 4) is 11.5 Å². The van der Waals surface area contributed by atoms with E-state index in [-0.39, 0.29) is 17.9 Å². The minimum absolute atomic E-state index is 0.0527. The summed E-state index contributed by atoms with van der Waals surface area (Å²) in [6.07, 6.45) is 0.826. The van der Waals surface area contributed by atoms with E-state index in [1.807, 2.05) is 44.2 Å². The van der Waals surface area contributed by atoms with Gasteiger partial charge in [-0.05, 0) is 61.9 Å². The molecule has 32 heavy (non-hydrogen) atoms. The lowest BCUT2D eigenvalue weighted by Crippen LogP contribution is -2.32. The van der Waals surface area contributed by atoms with Crippen molar-refractivity contribution < 1.29 is 19.1 Å². The molecule has 0 heterocycles. The normalized spacial score (nSPS) is 11.3. The van der Waals surface area contributed by atoms with Crippen LogP contribution in [0.25, 0.3) is 0 Å². The van der Waals surface area contributed by atoms with Gasteiger partial charge < -0.3 is 20.1 Å². The molecule has 0 aliphatic rings. The van der Waals surface area contributed by atoms with E-state index >= 15 is 0 Å². The summed E-state index contributed by atoms with van der Waals surface area (Å²) in [5, 5.41) is 5.75. The first-order chi connectivity index (χ1) is 15.6. The number of hydrogen-bond acceptors (Lipinski definition) is 4. The second-order valence-electron chi connectivity index (χ2n) is 7.32. The summed E-state index contributed by atoms with van der Waals surface area (Å²) in [7, 11) is 0. The number of para-hydroxylation sites is 2. The molecule has 166 valence electrons. The maximum Gasteiger partial charge on any atom is 0.255 e. The SMILES string of the molecule is CCC(C)NC(=O)c1ccccc1NC(=O)c1ccc(OCCOc2ccccc2)cc1. The molecule has 2 amide bonds. The van der Waals surface area contributed by atoms with Gasteiger partial charge in [0.2, 0.25) is 0 Å². The van der Waals surface area contributed by atoms with Crippen LogP contribution >= 0.6 is 0 Å². The molecule has 3 aromatic carbocycles. The van der Waals surface area contributed by atoms with Gasteiger partial charge in [0.1, 0.15) is 24.7 Å². The minimum atomic E-state index is -0.298. The third-order valence-corrected chi connectivity index (χ3v) is 4.89. The fourth-order valence-electron chi connectivity index (χ4n) is 2.93. The Morgan fingerprint density at radius 3 is 2.03 bits per heavy atom. The molecule has 0 fully saturated rings. The number of hydrogen-bond donors (Lipinski definition) is 2. The predicted octanol–water partition coefficient (Wildman–Crippen LogP) is 4.93. The van der Waals surface area contributed by atoms with Crippen molar-refractivity contribution in [2.75, 3.05) is 18.5 Å². The van der Waals surface area contributed by atoms with Gasteiger partial charge in [-0.2, -0.15) is 0 Å². The van der Waals surface area contributed by atoms with Gasteiger partial charge in [0.15, 0.2) is 0 Å². The molecule has 3 aromatic rings. The lowest BCUT2D eigenvalue weighted by molar-refractivity contribution is 0.0940. The molecule has 6 nitrogen and oxygen atoms in total. The summed E-state index contributed by atoms with van der Waals surface area (Å²) in [6, 6.07) is 23.4. The quantitative estimate of drug-likeness (QED) is 0.446. The van der Waals surface area contributed by atoms with Gasteiger partial charge in [-0.15, -0.1) is 0 Å². The van der Waals surface area contributed by atoms with Crippen LogP contribution in [0.2, 0.25) is 0 Å². The first-order valence-corrected chi connectivity index (χ1v) is 10.7. The Morgan fingerprint density at radius 2 is 1.38 bits per heavy atom. The molecule has 0 saturated carbocycles. The van der Waals surface area contributed by atoms with Crippen LogP contribution in [-0.4, -0.2) is 31.1 Å². The minimum Gasteiger partial charge on any atom is -0.490 e. The van der Waals surface area contributed by atoms with Crippen LogP contribution in [0.3, 0.4) is 0 Å². The van der Waals surface area contributed by atoms with Crippen molar-refractivity contribution in [2.45, 2.75) is 26.3 Å². The zero-order valence-electron chi connectivity index (χ0n) is 18.3. The topological polar surface area (TPSA) is 76.7 Å². The Balaban J connectivity index is 1.54. The smallest absolute Gasteiger partial charge is 0.255 e. The molecule has 0 bridgehead atoms. The lowest BCUT2D eigenvalue weighted by Gasteiger charge is -2.15. The second-order valence-corrected chi connectivity index (χ2v) is 7.32. The number of nitrogens with one attached hydrogen (secondary N) is 2. The Labute approximate surface area is 188 Å². The highest BCUT2D eigenvalue weighted by Crippen LogP contribution is 2.18. The van der Waals surface area contributed by atoms with Gasteiger partial charge in [0.05, 0.1) is 11.3 Å². The molecule has 6 heteroatoms. The average Bonchev–Trinajstić information content (AvgIpc) is 2.83. The van der Waals surface area contributed by atoms with Crippen LogP contribution in [0.1, 0.15) is 41.0 Å². The van der Waals surface area contributed by atoms with Gasteiger partial charge in [0.25, 0.3) is 11.8 Å². The fraction of sp³-hybridized carbons (Fsp3) is 0.231. The molecule has 1 atom stereocenters. The zero-order chi connectivity index (χ0) is 22.8. The maximum atomic E-state index is 12.7. The van der Waals surface area contributed by atoms with Gasteiger partial charge >= 0.3 is 0 Å². The maximum absolute atomic E-state index is 12.7. The van der Waals surface area contributed by atoms with Crippen molar-refractivity contribution in [1.29, 1.82) is 0 Å². The van der Waals surface area contributed by atoms with E-state index in [4.69, 9.17) is 9.47 Å². The number of carbonyl (C=O) groups is 2. The van der Waals surface area contributed by atoms with Gasteiger partial charge in [0, 0.05) is 11.6 Å². The number of carbonyl (C=O) groups excluding carboxylic acids is 2. The van der Waals surface area contributed by atoms with Gasteiger partial charge in [-0.3, -0.25) is 9.59 Å². The number of anilines is 1. The third kappa shape index (κ3) is 6.60. The van der Waals surface area contributed by atoms with E-state index in [2.05, 4.69) is 10.6 Å². The fourth-order valence-corrected chi connectivity index (χ4v) is 2.93. The number of ether oxygens (including phenoxy) is 2. The molecule has 3 rings (SSSR count). The van der Waals surface area contributed by atoms with E-state index in [1.165, 1.54) is 0 Å². The lowest BCUT2D eigenvalue weighted by atomic mass is 10.1. The Hall–Kier alpha value is -3.80. The van der Waals surface area contributed by atoms with Crippen LogP contribution in [0.4, 0.5) is 5.69 Å². The summed E-state index contributed by atoms with van der Waals surface area (Å²) >= 11 is 0. The van der Waals surface area contributed by atoms with E-state index in [0.29, 0.717) is 35.8 Å². The molecule has 0 aliphatic carbocycles. The van der Waals surface area contributed by atoms with Crippen LogP contribution in [0, 0.1) is 0 Å². The van der Waals surface area contributed by atoms with Crippen molar-refractivity contribution in [1.82, 2.24) is 5.32 Å². The molecular formula is C26H28N2O4. The number of benzene rings is 3. The van der Waals surface area contributed by atoms with Gasteiger partial charge in [-0.25, -0.2) is 0 Å². The van der Waals surface area contributed by atoms with Crippen LogP contribution < -0.4 is 20.1 Å². The molecule has 0 saturated heterocycles. The molecule has 0 spiro atoms.